The molecule has 0 spiro atoms. The predicted octanol–water partition coefficient (Wildman–Crippen LogP) is 1.33. The maximum atomic E-state index is 9.02. The van der Waals surface area contributed by atoms with Gasteiger partial charge in [-0.25, -0.2) is 0 Å². The van der Waals surface area contributed by atoms with Crippen molar-refractivity contribution < 1.29 is 10.0 Å². The summed E-state index contributed by atoms with van der Waals surface area (Å²) in [5.41, 5.74) is 3.24. The number of rotatable bonds is 3. The molecule has 0 fully saturated rings. The van der Waals surface area contributed by atoms with Crippen molar-refractivity contribution in [2.45, 2.75) is 19.3 Å². The Morgan fingerprint density at radius 3 is 2.29 bits per heavy atom. The quantitative estimate of drug-likeness (QED) is 0.702. The molecular weight excluding hydrogens is 175 g/mol. The zero-order valence-electron chi connectivity index (χ0n) is 7.98. The molecule has 3 heteroatoms. The first kappa shape index (κ1) is 9.50. The van der Waals surface area contributed by atoms with Crippen LogP contribution >= 0.6 is 0 Å². The molecular formula is C11H13BO2. The lowest BCUT2D eigenvalue weighted by atomic mass is 9.65. The average Bonchev–Trinajstić information content (AvgIpc) is 2.13. The maximum Gasteiger partial charge on any atom is 0.484 e. The van der Waals surface area contributed by atoms with E-state index in [0.29, 0.717) is 0 Å². The highest BCUT2D eigenvalue weighted by molar-refractivity contribution is 6.51. The third kappa shape index (κ3) is 1.89. The monoisotopic (exact) mass is 188 g/mol. The highest BCUT2D eigenvalue weighted by Crippen LogP contribution is 2.30. The molecule has 0 amide bonds. The van der Waals surface area contributed by atoms with E-state index in [1.807, 2.05) is 18.2 Å². The second kappa shape index (κ2) is 3.99. The summed E-state index contributed by atoms with van der Waals surface area (Å²) in [5.74, 6) is 0. The third-order valence-corrected chi connectivity index (χ3v) is 2.72. The molecule has 2 rings (SSSR count). The molecule has 14 heavy (non-hydrogen) atoms. The Morgan fingerprint density at radius 2 is 1.79 bits per heavy atom. The van der Waals surface area contributed by atoms with Crippen LogP contribution in [0, 0.1) is 0 Å². The molecule has 72 valence electrons. The van der Waals surface area contributed by atoms with Gasteiger partial charge >= 0.3 is 7.12 Å². The molecule has 0 radical (unpaired) electrons. The van der Waals surface area contributed by atoms with Crippen molar-refractivity contribution in [2.75, 3.05) is 0 Å². The van der Waals surface area contributed by atoms with Crippen molar-refractivity contribution >= 4 is 7.12 Å². The van der Waals surface area contributed by atoms with Crippen molar-refractivity contribution in [3.8, 4) is 0 Å². The summed E-state index contributed by atoms with van der Waals surface area (Å²) in [6, 6.07) is 10.1. The van der Waals surface area contributed by atoms with Gasteiger partial charge in [0.25, 0.3) is 0 Å². The molecule has 0 heterocycles. The molecule has 1 aromatic carbocycles. The van der Waals surface area contributed by atoms with Gasteiger partial charge in [-0.3, -0.25) is 0 Å². The normalized spacial score (nSPS) is 15.3. The van der Waals surface area contributed by atoms with E-state index in [2.05, 4.69) is 12.1 Å². The Morgan fingerprint density at radius 1 is 1.07 bits per heavy atom. The Bertz CT molecular complexity index is 344. The number of hydrogen-bond donors (Lipinski definition) is 2. The van der Waals surface area contributed by atoms with Crippen LogP contribution in [-0.2, 0) is 6.42 Å². The van der Waals surface area contributed by atoms with Crippen LogP contribution in [0.4, 0.5) is 0 Å². The summed E-state index contributed by atoms with van der Waals surface area (Å²) < 4.78 is 0. The zero-order chi connectivity index (χ0) is 9.97. The first-order chi connectivity index (χ1) is 6.77. The largest absolute Gasteiger partial charge is 0.484 e. The fraction of sp³-hybridized carbons (Fsp3) is 0.273. The Balaban J connectivity index is 2.10. The first-order valence-electron chi connectivity index (χ1n) is 4.88. The number of benzene rings is 1. The van der Waals surface area contributed by atoms with E-state index in [4.69, 9.17) is 10.0 Å². The summed E-state index contributed by atoms with van der Waals surface area (Å²) in [6.07, 6.45) is 2.69. The smallest absolute Gasteiger partial charge is 0.423 e. The standard InChI is InChI=1S/C11H13BO2/c13-12(14)11-7-6-10(11)8-9-4-2-1-3-5-9/h1-5,13-14H,6-8H2. The minimum absolute atomic E-state index is 0.814. The van der Waals surface area contributed by atoms with Gasteiger partial charge in [0, 0.05) is 0 Å². The van der Waals surface area contributed by atoms with E-state index >= 15 is 0 Å². The van der Waals surface area contributed by atoms with Gasteiger partial charge in [0.05, 0.1) is 0 Å². The fourth-order valence-electron chi connectivity index (χ4n) is 1.80. The van der Waals surface area contributed by atoms with E-state index in [1.165, 1.54) is 11.1 Å². The molecule has 0 saturated heterocycles. The van der Waals surface area contributed by atoms with E-state index < -0.39 is 7.12 Å². The minimum Gasteiger partial charge on any atom is -0.423 e. The van der Waals surface area contributed by atoms with Crippen molar-refractivity contribution in [1.29, 1.82) is 0 Å². The van der Waals surface area contributed by atoms with Crippen LogP contribution in [0.2, 0.25) is 0 Å². The van der Waals surface area contributed by atoms with Crippen molar-refractivity contribution in [1.82, 2.24) is 0 Å². The minimum atomic E-state index is -1.25. The molecule has 0 aliphatic heterocycles. The Hall–Kier alpha value is -1.06. The first-order valence-corrected chi connectivity index (χ1v) is 4.88. The number of allylic oxidation sites excluding steroid dienone is 2. The molecule has 1 aliphatic carbocycles. The summed E-state index contributed by atoms with van der Waals surface area (Å²) >= 11 is 0. The van der Waals surface area contributed by atoms with Crippen LogP contribution in [0.15, 0.2) is 41.4 Å². The van der Waals surface area contributed by atoms with Crippen LogP contribution in [0.1, 0.15) is 18.4 Å². The molecule has 0 saturated carbocycles. The van der Waals surface area contributed by atoms with Gasteiger partial charge in [-0.1, -0.05) is 35.9 Å². The van der Waals surface area contributed by atoms with Crippen LogP contribution in [0.25, 0.3) is 0 Å². The third-order valence-electron chi connectivity index (χ3n) is 2.72. The predicted molar refractivity (Wildman–Crippen MR) is 56.6 cm³/mol. The lowest BCUT2D eigenvalue weighted by molar-refractivity contribution is 0.411. The van der Waals surface area contributed by atoms with Crippen molar-refractivity contribution in [3.05, 3.63) is 46.9 Å². The highest BCUT2D eigenvalue weighted by atomic mass is 16.4. The summed E-state index contributed by atoms with van der Waals surface area (Å²) in [6.45, 7) is 0. The summed E-state index contributed by atoms with van der Waals surface area (Å²) in [7, 11) is -1.25. The second-order valence-corrected chi connectivity index (χ2v) is 3.66. The summed E-state index contributed by atoms with van der Waals surface area (Å²) in [4.78, 5) is 0. The number of hydrogen-bond acceptors (Lipinski definition) is 2. The molecule has 1 aromatic rings. The topological polar surface area (TPSA) is 40.5 Å². The zero-order valence-corrected chi connectivity index (χ0v) is 7.98. The molecule has 0 aromatic heterocycles. The highest BCUT2D eigenvalue weighted by Gasteiger charge is 2.26. The summed E-state index contributed by atoms with van der Waals surface area (Å²) in [5, 5.41) is 18.0. The Labute approximate surface area is 84.0 Å². The van der Waals surface area contributed by atoms with Crippen molar-refractivity contribution in [3.63, 3.8) is 0 Å². The van der Waals surface area contributed by atoms with E-state index in [-0.39, 0.29) is 0 Å². The Kier molecular flexibility index (Phi) is 2.70. The molecule has 2 nitrogen and oxygen atoms in total. The fourth-order valence-corrected chi connectivity index (χ4v) is 1.80. The van der Waals surface area contributed by atoms with Gasteiger partial charge in [-0.05, 0) is 30.3 Å². The SMILES string of the molecule is OB(O)C1=C(Cc2ccccc2)CC1. The van der Waals surface area contributed by atoms with Gasteiger partial charge in [-0.15, -0.1) is 0 Å². The van der Waals surface area contributed by atoms with Crippen LogP contribution in [0.5, 0.6) is 0 Å². The van der Waals surface area contributed by atoms with Gasteiger partial charge < -0.3 is 10.0 Å². The van der Waals surface area contributed by atoms with Gasteiger partial charge in [0.15, 0.2) is 0 Å². The average molecular weight is 188 g/mol. The van der Waals surface area contributed by atoms with Gasteiger partial charge in [0.1, 0.15) is 0 Å². The van der Waals surface area contributed by atoms with Crippen LogP contribution in [-0.4, -0.2) is 17.2 Å². The molecule has 0 unspecified atom stereocenters. The molecule has 0 atom stereocenters. The van der Waals surface area contributed by atoms with Crippen LogP contribution in [0.3, 0.4) is 0 Å². The van der Waals surface area contributed by atoms with Crippen LogP contribution < -0.4 is 0 Å². The van der Waals surface area contributed by atoms with Gasteiger partial charge in [-0.2, -0.15) is 0 Å². The van der Waals surface area contributed by atoms with E-state index in [9.17, 15) is 0 Å². The van der Waals surface area contributed by atoms with E-state index in [1.54, 1.807) is 0 Å². The lowest BCUT2D eigenvalue weighted by Crippen LogP contribution is -2.24. The maximum absolute atomic E-state index is 9.02. The molecule has 2 N–H and O–H groups in total. The van der Waals surface area contributed by atoms with E-state index in [0.717, 1.165) is 24.7 Å². The van der Waals surface area contributed by atoms with Gasteiger partial charge in [0.2, 0.25) is 0 Å². The lowest BCUT2D eigenvalue weighted by Gasteiger charge is -2.23. The van der Waals surface area contributed by atoms with Crippen molar-refractivity contribution in [2.24, 2.45) is 0 Å². The second-order valence-electron chi connectivity index (χ2n) is 3.66. The molecule has 1 aliphatic rings. The molecule has 0 bridgehead atoms.